The summed E-state index contributed by atoms with van der Waals surface area (Å²) >= 11 is -0.145. The molecule has 0 aliphatic carbocycles. The van der Waals surface area contributed by atoms with E-state index in [9.17, 15) is 0 Å². The second-order valence-electron chi connectivity index (χ2n) is 14.2. The van der Waals surface area contributed by atoms with E-state index in [1.165, 1.54) is 4.40 Å². The zero-order valence-corrected chi connectivity index (χ0v) is 35.3. The van der Waals surface area contributed by atoms with E-state index in [1.54, 1.807) is 23.6 Å². The SMILES string of the molecule is [2H]C(C)(c1ccnc(-c2[c-]ccc3c2sc2cc(F)c(-c4ccccc4)cc23)c1)[Si](C)(C)C.[CH3][Ge]([CH3])([CH3])[c]1ccc(-c2[c-]cccc2)nc1.[Ir]. The van der Waals surface area contributed by atoms with E-state index in [0.717, 1.165) is 53.8 Å². The molecule has 2 nitrogen and oxygen atoms in total. The van der Waals surface area contributed by atoms with Crippen LogP contribution in [0, 0.1) is 17.9 Å². The first kappa shape index (κ1) is 35.6. The minimum Gasteiger partial charge on any atom is 0 e. The first-order chi connectivity index (χ1) is 23.2. The minimum absolute atomic E-state index is 0. The average molecular weight is 919 g/mol. The quantitative estimate of drug-likeness (QED) is 0.123. The molecular weight excluding hydrogens is 876 g/mol. The summed E-state index contributed by atoms with van der Waals surface area (Å²) in [6.45, 7) is 8.67. The Balaban J connectivity index is 0.000000241. The fourth-order valence-corrected chi connectivity index (χ4v) is 9.98. The fourth-order valence-electron chi connectivity index (χ4n) is 5.57. The smallest absolute Gasteiger partial charge is 0 e. The molecule has 251 valence electrons. The Morgan fingerprint density at radius 2 is 1.57 bits per heavy atom. The Morgan fingerprint density at radius 3 is 2.22 bits per heavy atom. The molecule has 1 unspecified atom stereocenters. The summed E-state index contributed by atoms with van der Waals surface area (Å²) in [5.74, 6) is 6.92. The van der Waals surface area contributed by atoms with Gasteiger partial charge in [0.15, 0.2) is 0 Å². The molecule has 0 fully saturated rings. The Bertz CT molecular complexity index is 2230. The summed E-state index contributed by atoms with van der Waals surface area (Å²) in [6.07, 6.45) is 3.83. The second kappa shape index (κ2) is 15.3. The Hall–Kier alpha value is -3.26. The summed E-state index contributed by atoms with van der Waals surface area (Å²) < 4.78 is 27.5. The molecule has 7 aromatic rings. The molecule has 1 atom stereocenters. The second-order valence-corrected chi connectivity index (χ2v) is 31.1. The molecule has 3 heterocycles. The normalized spacial score (nSPS) is 13.2. The van der Waals surface area contributed by atoms with Crippen molar-refractivity contribution < 1.29 is 25.9 Å². The zero-order valence-electron chi connectivity index (χ0n) is 30.0. The van der Waals surface area contributed by atoms with Crippen LogP contribution in [0.25, 0.3) is 53.8 Å². The maximum atomic E-state index is 15.0. The van der Waals surface area contributed by atoms with Crippen LogP contribution in [0.1, 0.15) is 19.4 Å². The molecule has 0 N–H and O–H groups in total. The maximum absolute atomic E-state index is 15.0. The molecule has 0 aliphatic rings. The Kier molecular flexibility index (Phi) is 11.1. The standard InChI is InChI=1S/C28H25FNSSi.C14H16GeN.Ir/c1-18(32(2,3)4)20-13-14-30-26(15-20)22-12-8-11-21-24-16-23(19-9-6-5-7-10-19)25(29)17-27(24)31-28(21)22;1-15(2,3)13-9-10-14(16-11-13)12-7-5-4-6-8-12;/h5-11,13-18H,1-4H3;4-7,9-11H,1-3H3;/q2*-1;/i18D;;. The Morgan fingerprint density at radius 1 is 0.816 bits per heavy atom. The topological polar surface area (TPSA) is 25.8 Å². The van der Waals surface area contributed by atoms with Crippen LogP contribution in [0.4, 0.5) is 4.39 Å². The molecular formula is C42H41FGeIrN2SSi-2. The molecule has 0 amide bonds. The van der Waals surface area contributed by atoms with Gasteiger partial charge in [-0.2, -0.15) is 11.3 Å². The van der Waals surface area contributed by atoms with Gasteiger partial charge in [0.05, 0.1) is 8.07 Å². The Labute approximate surface area is 313 Å². The van der Waals surface area contributed by atoms with E-state index >= 15 is 4.39 Å². The maximum Gasteiger partial charge on any atom is 0 e. The van der Waals surface area contributed by atoms with Crippen LogP contribution in [0.3, 0.4) is 0 Å². The molecule has 7 heteroatoms. The van der Waals surface area contributed by atoms with Gasteiger partial charge in [0.25, 0.3) is 0 Å². The van der Waals surface area contributed by atoms with Crippen molar-refractivity contribution in [2.75, 3.05) is 0 Å². The molecule has 7 rings (SSSR count). The predicted octanol–water partition coefficient (Wildman–Crippen LogP) is 11.8. The van der Waals surface area contributed by atoms with Gasteiger partial charge in [-0.05, 0) is 45.1 Å². The predicted molar refractivity (Wildman–Crippen MR) is 210 cm³/mol. The van der Waals surface area contributed by atoms with Crippen molar-refractivity contribution in [1.29, 1.82) is 0 Å². The monoisotopic (exact) mass is 920 g/mol. The van der Waals surface area contributed by atoms with Crippen molar-refractivity contribution in [3.8, 4) is 33.6 Å². The van der Waals surface area contributed by atoms with Gasteiger partial charge in [0.2, 0.25) is 0 Å². The first-order valence-electron chi connectivity index (χ1n) is 16.8. The van der Waals surface area contributed by atoms with Crippen LogP contribution in [0.2, 0.25) is 36.9 Å². The number of thiophene rings is 1. The van der Waals surface area contributed by atoms with Crippen LogP contribution in [0.15, 0.2) is 116 Å². The van der Waals surface area contributed by atoms with E-state index in [0.29, 0.717) is 5.56 Å². The van der Waals surface area contributed by atoms with Crippen molar-refractivity contribution in [3.63, 3.8) is 0 Å². The number of nitrogens with zero attached hydrogens (tertiary/aromatic N) is 2. The van der Waals surface area contributed by atoms with Gasteiger partial charge < -0.3 is 4.98 Å². The molecule has 3 aromatic heterocycles. The van der Waals surface area contributed by atoms with Crippen molar-refractivity contribution in [2.24, 2.45) is 0 Å². The number of halogens is 1. The summed E-state index contributed by atoms with van der Waals surface area (Å²) in [6, 6.07) is 40.1. The first-order valence-corrected chi connectivity index (χ1v) is 27.9. The van der Waals surface area contributed by atoms with Crippen LogP contribution < -0.4 is 4.40 Å². The molecule has 49 heavy (non-hydrogen) atoms. The van der Waals surface area contributed by atoms with Crippen molar-refractivity contribution in [1.82, 2.24) is 9.97 Å². The van der Waals surface area contributed by atoms with Crippen molar-refractivity contribution in [2.45, 2.75) is 49.4 Å². The number of aromatic nitrogens is 2. The van der Waals surface area contributed by atoms with Crippen LogP contribution in [-0.4, -0.2) is 31.3 Å². The molecule has 0 bridgehead atoms. The van der Waals surface area contributed by atoms with Gasteiger partial charge in [-0.1, -0.05) is 73.9 Å². The number of hydrogen-bond acceptors (Lipinski definition) is 3. The number of fused-ring (bicyclic) bond motifs is 3. The zero-order chi connectivity index (χ0) is 35.0. The average Bonchev–Trinajstić information content (AvgIpc) is 3.45. The van der Waals surface area contributed by atoms with E-state index in [1.807, 2.05) is 98.0 Å². The van der Waals surface area contributed by atoms with Gasteiger partial charge >= 0.3 is 99.8 Å². The van der Waals surface area contributed by atoms with Crippen molar-refractivity contribution >= 4 is 57.2 Å². The minimum atomic E-state index is -1.78. The largest absolute Gasteiger partial charge is 0 e. The third-order valence-corrected chi connectivity index (χ3v) is 16.8. The molecule has 4 aromatic carbocycles. The summed E-state index contributed by atoms with van der Waals surface area (Å²) in [5.41, 5.74) is 5.62. The van der Waals surface area contributed by atoms with E-state index in [4.69, 9.17) is 1.37 Å². The molecule has 0 saturated carbocycles. The van der Waals surface area contributed by atoms with Crippen LogP contribution in [0.5, 0.6) is 0 Å². The van der Waals surface area contributed by atoms with Gasteiger partial charge in [0, 0.05) is 37.9 Å². The summed E-state index contributed by atoms with van der Waals surface area (Å²) in [5, 5.41) is 2.11. The third-order valence-electron chi connectivity index (χ3n) is 8.79. The molecule has 0 aliphatic heterocycles. The summed E-state index contributed by atoms with van der Waals surface area (Å²) in [4.78, 5) is 9.17. The number of pyridine rings is 2. The van der Waals surface area contributed by atoms with Gasteiger partial charge in [-0.25, -0.2) is 4.39 Å². The van der Waals surface area contributed by atoms with E-state index in [-0.39, 0.29) is 25.9 Å². The van der Waals surface area contributed by atoms with Gasteiger partial charge in [-0.15, -0.1) is 23.8 Å². The van der Waals surface area contributed by atoms with E-state index in [2.05, 4.69) is 71.1 Å². The molecule has 1 radical (unpaired) electrons. The third kappa shape index (κ3) is 8.38. The van der Waals surface area contributed by atoms with Crippen LogP contribution >= 0.6 is 11.3 Å². The summed E-state index contributed by atoms with van der Waals surface area (Å²) in [7, 11) is -1.78. The number of hydrogen-bond donors (Lipinski definition) is 0. The number of benzene rings is 4. The van der Waals surface area contributed by atoms with Gasteiger partial charge in [0.1, 0.15) is 5.82 Å². The van der Waals surface area contributed by atoms with Gasteiger partial charge in [-0.3, -0.25) is 0 Å². The van der Waals surface area contributed by atoms with Crippen LogP contribution in [-0.2, 0) is 20.1 Å². The molecule has 0 spiro atoms. The fraction of sp³-hybridized carbons (Fsp3) is 0.190. The number of rotatable bonds is 6. The van der Waals surface area contributed by atoms with E-state index < -0.39 is 26.9 Å². The molecule has 0 saturated heterocycles. The van der Waals surface area contributed by atoms with Crippen molar-refractivity contribution in [3.05, 3.63) is 139 Å².